The number of hydrogen-bond donors (Lipinski definition) is 20. The first-order chi connectivity index (χ1) is 39.2. The molecule has 9 atom stereocenters. The Balaban J connectivity index is 7.02. The smallest absolute Gasteiger partial charge is 0.326 e. The molecule has 0 heterocycles. The third-order valence-electron chi connectivity index (χ3n) is 11.6. The summed E-state index contributed by atoms with van der Waals surface area (Å²) in [6, 6.07) is -16.1. The zero-order valence-corrected chi connectivity index (χ0v) is 45.9. The van der Waals surface area contributed by atoms with Crippen LogP contribution in [0.5, 0.6) is 0 Å². The summed E-state index contributed by atoms with van der Waals surface area (Å²) >= 11 is 0. The average Bonchev–Trinajstić information content (AvgIpc) is 3.57. The molecule has 0 spiro atoms. The monoisotopic (exact) mass is 1200 g/mol. The number of hydrogen-bond acceptors (Lipinski definition) is 19. The van der Waals surface area contributed by atoms with Gasteiger partial charge in [-0.05, 0) is 63.7 Å². The van der Waals surface area contributed by atoms with E-state index < -0.39 is 245 Å². The number of guanidine groups is 1. The van der Waals surface area contributed by atoms with E-state index in [0.29, 0.717) is 0 Å². The number of amides is 10. The Kier molecular flexibility index (Phi) is 34.9. The van der Waals surface area contributed by atoms with Crippen LogP contribution >= 0.6 is 0 Å². The zero-order chi connectivity index (χ0) is 64.4. The van der Waals surface area contributed by atoms with E-state index in [9.17, 15) is 107 Å². The molecule has 10 amide bonds. The third kappa shape index (κ3) is 32.8. The van der Waals surface area contributed by atoms with E-state index in [1.165, 1.54) is 0 Å². The lowest BCUT2D eigenvalue weighted by molar-refractivity contribution is -0.143. The summed E-state index contributed by atoms with van der Waals surface area (Å²) < 4.78 is 0. The van der Waals surface area contributed by atoms with E-state index in [2.05, 4.69) is 52.8 Å². The fourth-order valence-electron chi connectivity index (χ4n) is 7.24. The van der Waals surface area contributed by atoms with Gasteiger partial charge in [-0.25, -0.2) is 4.79 Å². The number of nitrogens with two attached hydrogens (primary N) is 4. The number of carbonyl (C=O) groups is 16. The van der Waals surface area contributed by atoms with Crippen LogP contribution in [0.4, 0.5) is 0 Å². The van der Waals surface area contributed by atoms with Crippen molar-refractivity contribution in [2.24, 2.45) is 33.8 Å². The number of aliphatic hydroxyl groups excluding tert-OH is 1. The van der Waals surface area contributed by atoms with E-state index in [0.717, 1.165) is 0 Å². The fourth-order valence-corrected chi connectivity index (χ4v) is 7.24. The molecule has 472 valence electrons. The van der Waals surface area contributed by atoms with Gasteiger partial charge in [-0.2, -0.15) is 0 Å². The van der Waals surface area contributed by atoms with Crippen LogP contribution < -0.4 is 70.8 Å². The van der Waals surface area contributed by atoms with Crippen molar-refractivity contribution in [3.05, 3.63) is 0 Å². The van der Waals surface area contributed by atoms with Gasteiger partial charge in [0.25, 0.3) is 0 Å². The van der Waals surface area contributed by atoms with Gasteiger partial charge in [0.15, 0.2) is 5.96 Å². The maximum Gasteiger partial charge on any atom is 0.326 e. The minimum Gasteiger partial charge on any atom is -0.481 e. The number of aliphatic imine (C=N–C) groups is 1. The number of rotatable bonds is 44. The molecule has 0 fully saturated rings. The fraction of sp³-hybridized carbons (Fsp3) is 0.638. The standard InChI is InChI=1S/C47H76N14O23/c1-21(2)18-30(61-39(76)23(6-12-33(65)66)54-32(64)19-53-38(75)22(48)20-62)45(82)59-27(9-15-36(71)72)43(80)55-24(5-11-31(49)63)40(77)56-25(7-13-34(67)68)41(78)57-26(8-14-35(69)70)42(79)58-28(10-16-37(73)74)44(81)60-29(46(83)84)4-3-17-52-47(50)51/h21-30,62H,3-20,48H2,1-2H3,(H2,49,63)(H,53,75)(H,54,64)(H,55,80)(H,56,77)(H,57,78)(H,58,79)(H,59,82)(H,60,81)(H,61,76)(H,65,66)(H,67,68)(H,69,70)(H,71,72)(H,73,74)(H,83,84)(H4,50,51,52)/t22-,23-,24-,25-,26-,27-,28-,29-,30-/m0/s1. The number of carboxylic acids is 6. The van der Waals surface area contributed by atoms with Crippen LogP contribution in [0.2, 0.25) is 0 Å². The number of nitrogens with one attached hydrogen (secondary N) is 9. The molecule has 0 saturated carbocycles. The Hall–Kier alpha value is -9.29. The Labute approximate surface area is 478 Å². The van der Waals surface area contributed by atoms with Crippen molar-refractivity contribution in [2.45, 2.75) is 165 Å². The van der Waals surface area contributed by atoms with E-state index in [1.807, 2.05) is 0 Å². The van der Waals surface area contributed by atoms with Crippen molar-refractivity contribution in [1.29, 1.82) is 0 Å². The Morgan fingerprint density at radius 1 is 0.405 bits per heavy atom. The quantitative estimate of drug-likeness (QED) is 0.0153. The second-order valence-electron chi connectivity index (χ2n) is 19.1. The number of aliphatic carboxylic acids is 6. The van der Waals surface area contributed by atoms with Crippen molar-refractivity contribution in [3.8, 4) is 0 Å². The predicted octanol–water partition coefficient (Wildman–Crippen LogP) is -7.93. The van der Waals surface area contributed by atoms with Gasteiger partial charge in [0.1, 0.15) is 54.4 Å². The van der Waals surface area contributed by atoms with Crippen molar-refractivity contribution in [2.75, 3.05) is 19.7 Å². The van der Waals surface area contributed by atoms with Crippen molar-refractivity contribution >= 4 is 101 Å². The lowest BCUT2D eigenvalue weighted by Crippen LogP contribution is -2.60. The van der Waals surface area contributed by atoms with Crippen molar-refractivity contribution in [3.63, 3.8) is 0 Å². The van der Waals surface area contributed by atoms with Crippen LogP contribution in [0, 0.1) is 5.92 Å². The number of carboxylic acid groups (broad SMARTS) is 6. The molecule has 0 aromatic rings. The summed E-state index contributed by atoms with van der Waals surface area (Å²) in [7, 11) is 0. The number of primary amides is 1. The maximum atomic E-state index is 14.1. The van der Waals surface area contributed by atoms with E-state index in [1.54, 1.807) is 13.8 Å². The molecule has 0 rings (SSSR count). The number of carbonyl (C=O) groups excluding carboxylic acids is 10. The van der Waals surface area contributed by atoms with Gasteiger partial charge < -0.3 is 107 Å². The molecule has 37 nitrogen and oxygen atoms in total. The molecule has 0 aliphatic heterocycles. The lowest BCUT2D eigenvalue weighted by atomic mass is 10.0. The first-order valence-electron chi connectivity index (χ1n) is 25.9. The van der Waals surface area contributed by atoms with Gasteiger partial charge in [0, 0.05) is 45.1 Å². The molecule has 84 heavy (non-hydrogen) atoms. The zero-order valence-electron chi connectivity index (χ0n) is 45.9. The summed E-state index contributed by atoms with van der Waals surface area (Å²) in [5.41, 5.74) is 21.2. The Morgan fingerprint density at radius 2 is 0.702 bits per heavy atom. The normalized spacial score (nSPS) is 14.0. The van der Waals surface area contributed by atoms with Crippen LogP contribution in [0.25, 0.3) is 0 Å². The molecule has 37 heteroatoms. The predicted molar refractivity (Wildman–Crippen MR) is 283 cm³/mol. The molecule has 0 bridgehead atoms. The lowest BCUT2D eigenvalue weighted by Gasteiger charge is -2.28. The molecule has 0 radical (unpaired) electrons. The van der Waals surface area contributed by atoms with Crippen LogP contribution in [0.15, 0.2) is 4.99 Å². The van der Waals surface area contributed by atoms with Gasteiger partial charge in [-0.1, -0.05) is 13.8 Å². The highest BCUT2D eigenvalue weighted by Gasteiger charge is 2.36. The molecule has 0 unspecified atom stereocenters. The number of nitrogens with zero attached hydrogens (tertiary/aromatic N) is 1. The van der Waals surface area contributed by atoms with Gasteiger partial charge in [-0.3, -0.25) is 76.9 Å². The van der Waals surface area contributed by atoms with Crippen molar-refractivity contribution in [1.82, 2.24) is 47.9 Å². The van der Waals surface area contributed by atoms with Gasteiger partial charge >= 0.3 is 35.8 Å². The Morgan fingerprint density at radius 3 is 0.988 bits per heavy atom. The highest BCUT2D eigenvalue weighted by Crippen LogP contribution is 2.12. The first kappa shape index (κ1) is 74.7. The molecule has 0 aliphatic carbocycles. The van der Waals surface area contributed by atoms with Crippen LogP contribution in [0.1, 0.15) is 110 Å². The largest absolute Gasteiger partial charge is 0.481 e. The van der Waals surface area contributed by atoms with E-state index in [-0.39, 0.29) is 31.8 Å². The molecule has 0 aromatic heterocycles. The summed E-state index contributed by atoms with van der Waals surface area (Å²) in [6.45, 7) is 1.54. The number of aliphatic hydroxyl groups is 1. The average molecular weight is 1210 g/mol. The van der Waals surface area contributed by atoms with Crippen LogP contribution in [-0.4, -0.2) is 211 Å². The molecule has 24 N–H and O–H groups in total. The summed E-state index contributed by atoms with van der Waals surface area (Å²) in [5.74, 6) is -21.9. The topological polar surface area (TPSA) is 639 Å². The first-order valence-corrected chi connectivity index (χ1v) is 25.9. The SMILES string of the molecule is CC(C)C[C@H](NC(=O)[C@H](CCC(=O)O)NC(=O)CNC(=O)[C@@H](N)CO)C(=O)N[C@@H](CCC(=O)O)C(=O)N[C@@H](CCC(N)=O)C(=O)N[C@@H](CCC(=O)O)C(=O)N[C@@H](CCC(=O)O)C(=O)N[C@@H](CCC(=O)O)C(=O)N[C@@H](CCCN=C(N)N)C(=O)O. The summed E-state index contributed by atoms with van der Waals surface area (Å²) in [5, 5.41) is 85.7. The van der Waals surface area contributed by atoms with E-state index >= 15 is 0 Å². The second kappa shape index (κ2) is 39.2. The maximum absolute atomic E-state index is 14.1. The van der Waals surface area contributed by atoms with Crippen LogP contribution in [-0.2, 0) is 76.7 Å². The van der Waals surface area contributed by atoms with Gasteiger partial charge in [-0.15, -0.1) is 0 Å². The summed E-state index contributed by atoms with van der Waals surface area (Å²) in [4.78, 5) is 207. The minimum absolute atomic E-state index is 0.0140. The van der Waals surface area contributed by atoms with E-state index in [4.69, 9.17) is 28.0 Å². The molecular weight excluding hydrogens is 1130 g/mol. The van der Waals surface area contributed by atoms with Crippen molar-refractivity contribution < 1.29 is 112 Å². The molecule has 0 saturated heterocycles. The Bertz CT molecular complexity index is 2400. The van der Waals surface area contributed by atoms with Gasteiger partial charge in [0.2, 0.25) is 59.1 Å². The highest BCUT2D eigenvalue weighted by molar-refractivity contribution is 5.99. The minimum atomic E-state index is -2.02. The van der Waals surface area contributed by atoms with Crippen LogP contribution in [0.3, 0.4) is 0 Å². The van der Waals surface area contributed by atoms with Gasteiger partial charge in [0.05, 0.1) is 13.2 Å². The third-order valence-corrected chi connectivity index (χ3v) is 11.6. The summed E-state index contributed by atoms with van der Waals surface area (Å²) in [6.07, 6.45) is -9.58. The molecule has 0 aromatic carbocycles. The second-order valence-corrected chi connectivity index (χ2v) is 19.1. The highest BCUT2D eigenvalue weighted by atomic mass is 16.4. The molecular formula is C47H76N14O23. The molecule has 0 aliphatic rings.